The van der Waals surface area contributed by atoms with Gasteiger partial charge in [-0.15, -0.1) is 0 Å². The standard InChI is InChI=1S/C20H32N4O/c1-2-22-10-8-19(9-11-22)21-20(25)17-24-14-12-23(13-15-24)16-18-6-4-3-5-7-18/h3-7,19H,2,8-17H2,1H3,(H,21,25). The summed E-state index contributed by atoms with van der Waals surface area (Å²) in [6, 6.07) is 11.0. The molecule has 1 N–H and O–H groups in total. The summed E-state index contributed by atoms with van der Waals surface area (Å²) < 4.78 is 0. The molecule has 0 radical (unpaired) electrons. The van der Waals surface area contributed by atoms with Crippen molar-refractivity contribution in [3.05, 3.63) is 35.9 Å². The van der Waals surface area contributed by atoms with Crippen LogP contribution in [0, 0.1) is 0 Å². The molecule has 0 saturated carbocycles. The number of benzene rings is 1. The van der Waals surface area contributed by atoms with Crippen LogP contribution in [0.3, 0.4) is 0 Å². The molecule has 25 heavy (non-hydrogen) atoms. The lowest BCUT2D eigenvalue weighted by atomic mass is 10.1. The first kappa shape index (κ1) is 18.4. The molecule has 2 heterocycles. The number of carbonyl (C=O) groups is 1. The Morgan fingerprint density at radius 1 is 0.960 bits per heavy atom. The molecular weight excluding hydrogens is 312 g/mol. The first-order valence-corrected chi connectivity index (χ1v) is 9.73. The third kappa shape index (κ3) is 5.80. The van der Waals surface area contributed by atoms with Gasteiger partial charge in [0.05, 0.1) is 6.54 Å². The van der Waals surface area contributed by atoms with Gasteiger partial charge in [0, 0.05) is 51.9 Å². The Balaban J connectivity index is 1.34. The zero-order valence-electron chi connectivity index (χ0n) is 15.5. The van der Waals surface area contributed by atoms with Crippen molar-refractivity contribution >= 4 is 5.91 Å². The molecule has 0 aliphatic carbocycles. The van der Waals surface area contributed by atoms with Crippen LogP contribution < -0.4 is 5.32 Å². The molecule has 0 bridgehead atoms. The molecule has 3 rings (SSSR count). The van der Waals surface area contributed by atoms with E-state index in [1.165, 1.54) is 5.56 Å². The summed E-state index contributed by atoms with van der Waals surface area (Å²) >= 11 is 0. The van der Waals surface area contributed by atoms with E-state index in [1.807, 2.05) is 0 Å². The fourth-order valence-corrected chi connectivity index (χ4v) is 3.82. The van der Waals surface area contributed by atoms with E-state index in [0.717, 1.165) is 65.2 Å². The highest BCUT2D eigenvalue weighted by atomic mass is 16.2. The molecule has 1 amide bonds. The molecule has 0 atom stereocenters. The summed E-state index contributed by atoms with van der Waals surface area (Å²) in [4.78, 5) is 19.5. The van der Waals surface area contributed by atoms with Gasteiger partial charge in [-0.05, 0) is 24.9 Å². The topological polar surface area (TPSA) is 38.8 Å². The van der Waals surface area contributed by atoms with Crippen molar-refractivity contribution in [1.82, 2.24) is 20.0 Å². The highest BCUT2D eigenvalue weighted by Crippen LogP contribution is 2.11. The Morgan fingerprint density at radius 3 is 2.24 bits per heavy atom. The zero-order chi connectivity index (χ0) is 17.5. The highest BCUT2D eigenvalue weighted by molar-refractivity contribution is 5.78. The summed E-state index contributed by atoms with van der Waals surface area (Å²) in [5.41, 5.74) is 1.37. The summed E-state index contributed by atoms with van der Waals surface area (Å²) in [5, 5.41) is 3.24. The Labute approximate surface area is 152 Å². The summed E-state index contributed by atoms with van der Waals surface area (Å²) in [5.74, 6) is 0.200. The third-order valence-corrected chi connectivity index (χ3v) is 5.48. The number of piperazine rings is 1. The summed E-state index contributed by atoms with van der Waals surface area (Å²) in [6.07, 6.45) is 2.18. The van der Waals surface area contributed by atoms with Crippen LogP contribution in [-0.2, 0) is 11.3 Å². The number of carbonyl (C=O) groups excluding carboxylic acids is 1. The predicted molar refractivity (Wildman–Crippen MR) is 101 cm³/mol. The number of rotatable bonds is 6. The minimum atomic E-state index is 0.200. The average Bonchev–Trinajstić information content (AvgIpc) is 2.65. The van der Waals surface area contributed by atoms with Gasteiger partial charge in [-0.2, -0.15) is 0 Å². The van der Waals surface area contributed by atoms with E-state index in [1.54, 1.807) is 0 Å². The third-order valence-electron chi connectivity index (χ3n) is 5.48. The van der Waals surface area contributed by atoms with Crippen LogP contribution in [0.1, 0.15) is 25.3 Å². The van der Waals surface area contributed by atoms with Gasteiger partial charge in [0.15, 0.2) is 0 Å². The molecule has 5 heteroatoms. The predicted octanol–water partition coefficient (Wildman–Crippen LogP) is 1.40. The maximum atomic E-state index is 12.3. The molecule has 2 aliphatic heterocycles. The van der Waals surface area contributed by atoms with Gasteiger partial charge < -0.3 is 10.2 Å². The molecule has 2 aliphatic rings. The van der Waals surface area contributed by atoms with Crippen molar-refractivity contribution in [3.8, 4) is 0 Å². The number of piperidine rings is 1. The van der Waals surface area contributed by atoms with Crippen LogP contribution in [0.4, 0.5) is 0 Å². The van der Waals surface area contributed by atoms with Crippen LogP contribution in [0.25, 0.3) is 0 Å². The number of nitrogens with zero attached hydrogens (tertiary/aromatic N) is 3. The molecule has 2 fully saturated rings. The van der Waals surface area contributed by atoms with E-state index in [0.29, 0.717) is 12.6 Å². The van der Waals surface area contributed by atoms with Gasteiger partial charge in [-0.1, -0.05) is 37.3 Å². The smallest absolute Gasteiger partial charge is 0.234 e. The second-order valence-electron chi connectivity index (χ2n) is 7.31. The Morgan fingerprint density at radius 2 is 1.60 bits per heavy atom. The minimum Gasteiger partial charge on any atom is -0.352 e. The molecule has 2 saturated heterocycles. The minimum absolute atomic E-state index is 0.200. The maximum absolute atomic E-state index is 12.3. The molecule has 0 spiro atoms. The quantitative estimate of drug-likeness (QED) is 0.847. The molecule has 138 valence electrons. The second kappa shape index (κ2) is 9.32. The van der Waals surface area contributed by atoms with Crippen LogP contribution >= 0.6 is 0 Å². The fourth-order valence-electron chi connectivity index (χ4n) is 3.82. The van der Waals surface area contributed by atoms with Crippen molar-refractivity contribution in [3.63, 3.8) is 0 Å². The Kier molecular flexibility index (Phi) is 6.84. The zero-order valence-corrected chi connectivity index (χ0v) is 15.5. The van der Waals surface area contributed by atoms with Gasteiger partial charge in [0.1, 0.15) is 0 Å². The Bertz CT molecular complexity index is 520. The summed E-state index contributed by atoms with van der Waals surface area (Å²) in [7, 11) is 0. The van der Waals surface area contributed by atoms with Gasteiger partial charge in [-0.3, -0.25) is 14.6 Å². The molecule has 0 aromatic heterocycles. The number of likely N-dealkylation sites (tertiary alicyclic amines) is 1. The van der Waals surface area contributed by atoms with E-state index >= 15 is 0 Å². The number of hydrogen-bond acceptors (Lipinski definition) is 4. The van der Waals surface area contributed by atoms with Crippen molar-refractivity contribution in [2.45, 2.75) is 32.4 Å². The molecule has 1 aromatic carbocycles. The van der Waals surface area contributed by atoms with E-state index in [2.05, 4.69) is 57.3 Å². The van der Waals surface area contributed by atoms with Crippen molar-refractivity contribution in [1.29, 1.82) is 0 Å². The first-order chi connectivity index (χ1) is 12.2. The van der Waals surface area contributed by atoms with Gasteiger partial charge in [0.25, 0.3) is 0 Å². The van der Waals surface area contributed by atoms with E-state index in [9.17, 15) is 4.79 Å². The van der Waals surface area contributed by atoms with Crippen LogP contribution in [0.2, 0.25) is 0 Å². The lowest BCUT2D eigenvalue weighted by molar-refractivity contribution is -0.123. The lowest BCUT2D eigenvalue weighted by Crippen LogP contribution is -2.51. The number of hydrogen-bond donors (Lipinski definition) is 1. The van der Waals surface area contributed by atoms with Crippen molar-refractivity contribution in [2.75, 3.05) is 52.4 Å². The largest absolute Gasteiger partial charge is 0.352 e. The van der Waals surface area contributed by atoms with Crippen LogP contribution in [-0.4, -0.2) is 79.0 Å². The van der Waals surface area contributed by atoms with Gasteiger partial charge in [0.2, 0.25) is 5.91 Å². The molecule has 5 nitrogen and oxygen atoms in total. The molecular formula is C20H32N4O. The van der Waals surface area contributed by atoms with E-state index < -0.39 is 0 Å². The normalized spacial score (nSPS) is 21.3. The van der Waals surface area contributed by atoms with Crippen LogP contribution in [0.15, 0.2) is 30.3 Å². The highest BCUT2D eigenvalue weighted by Gasteiger charge is 2.22. The maximum Gasteiger partial charge on any atom is 0.234 e. The van der Waals surface area contributed by atoms with Gasteiger partial charge >= 0.3 is 0 Å². The van der Waals surface area contributed by atoms with E-state index in [-0.39, 0.29) is 5.91 Å². The fraction of sp³-hybridized carbons (Fsp3) is 0.650. The number of nitrogens with one attached hydrogen (secondary N) is 1. The molecule has 1 aromatic rings. The van der Waals surface area contributed by atoms with Gasteiger partial charge in [-0.25, -0.2) is 0 Å². The van der Waals surface area contributed by atoms with Crippen molar-refractivity contribution < 1.29 is 4.79 Å². The van der Waals surface area contributed by atoms with Crippen LogP contribution in [0.5, 0.6) is 0 Å². The monoisotopic (exact) mass is 344 g/mol. The number of amides is 1. The Hall–Kier alpha value is -1.43. The SMILES string of the molecule is CCN1CCC(NC(=O)CN2CCN(Cc3ccccc3)CC2)CC1. The average molecular weight is 345 g/mol. The summed E-state index contributed by atoms with van der Waals surface area (Å²) in [6.45, 7) is 11.1. The lowest BCUT2D eigenvalue weighted by Gasteiger charge is -2.35. The first-order valence-electron chi connectivity index (χ1n) is 9.73. The van der Waals surface area contributed by atoms with E-state index in [4.69, 9.17) is 0 Å². The second-order valence-corrected chi connectivity index (χ2v) is 7.31. The molecule has 0 unspecified atom stereocenters. The van der Waals surface area contributed by atoms with Crippen molar-refractivity contribution in [2.24, 2.45) is 0 Å².